The summed E-state index contributed by atoms with van der Waals surface area (Å²) in [6.45, 7) is 2.76. The van der Waals surface area contributed by atoms with Crippen molar-refractivity contribution in [3.63, 3.8) is 0 Å². The quantitative estimate of drug-likeness (QED) is 0.276. The van der Waals surface area contributed by atoms with Crippen molar-refractivity contribution >= 4 is 34.5 Å². The average molecular weight is 488 g/mol. The number of non-ortho nitro benzene ring substituents is 1. The van der Waals surface area contributed by atoms with E-state index < -0.39 is 34.6 Å². The van der Waals surface area contributed by atoms with Gasteiger partial charge in [0.15, 0.2) is 5.78 Å². The molecule has 2 aromatic carbocycles. The molecule has 0 saturated carbocycles. The number of hydrogen-bond donors (Lipinski definition) is 0. The van der Waals surface area contributed by atoms with Crippen molar-refractivity contribution in [3.05, 3.63) is 75.8 Å². The van der Waals surface area contributed by atoms with E-state index in [1.807, 2.05) is 42.2 Å². The first kappa shape index (κ1) is 22.6. The number of Topliss-reactive ketones (excluding diaryl/α,β-unsaturated/α-hetero) is 1. The fourth-order valence-electron chi connectivity index (χ4n) is 6.27. The van der Waals surface area contributed by atoms with Crippen molar-refractivity contribution in [2.75, 3.05) is 18.1 Å². The van der Waals surface area contributed by atoms with Crippen LogP contribution in [0.2, 0.25) is 0 Å². The monoisotopic (exact) mass is 487 g/mol. The molecular formula is C27H25N3O6. The number of nitrogens with zero attached hydrogens (tertiary/aromatic N) is 3. The lowest BCUT2D eigenvalue weighted by atomic mass is 9.85. The van der Waals surface area contributed by atoms with Crippen molar-refractivity contribution in [1.29, 1.82) is 0 Å². The van der Waals surface area contributed by atoms with Crippen LogP contribution in [0.25, 0.3) is 5.57 Å². The second-order valence-corrected chi connectivity index (χ2v) is 9.85. The summed E-state index contributed by atoms with van der Waals surface area (Å²) >= 11 is 0. The third-order valence-electron chi connectivity index (χ3n) is 7.87. The highest BCUT2D eigenvalue weighted by molar-refractivity contribution is 6.14. The van der Waals surface area contributed by atoms with Crippen molar-refractivity contribution in [1.82, 2.24) is 4.90 Å². The predicted molar refractivity (Wildman–Crippen MR) is 130 cm³/mol. The topological polar surface area (TPSA) is 110 Å². The molecular weight excluding hydrogens is 462 g/mol. The van der Waals surface area contributed by atoms with Crippen LogP contribution in [0.4, 0.5) is 11.4 Å². The van der Waals surface area contributed by atoms with Gasteiger partial charge in [0.25, 0.3) is 5.69 Å². The van der Waals surface area contributed by atoms with Gasteiger partial charge in [-0.25, -0.2) is 0 Å². The van der Waals surface area contributed by atoms with Gasteiger partial charge in [-0.3, -0.25) is 29.4 Å². The Morgan fingerprint density at radius 2 is 1.89 bits per heavy atom. The number of carbonyl (C=O) groups excluding carboxylic acids is 3. The number of nitro benzene ring substituents is 1. The number of rotatable bonds is 5. The second kappa shape index (κ2) is 8.37. The lowest BCUT2D eigenvalue weighted by Gasteiger charge is -2.38. The van der Waals surface area contributed by atoms with Crippen LogP contribution in [0.15, 0.2) is 54.6 Å². The Hall–Kier alpha value is -3.85. The summed E-state index contributed by atoms with van der Waals surface area (Å²) in [4.78, 5) is 55.5. The number of ketones is 1. The number of amides is 2. The largest absolute Gasteiger partial charge is 0.376 e. The Balaban J connectivity index is 1.46. The van der Waals surface area contributed by atoms with E-state index in [4.69, 9.17) is 4.74 Å². The van der Waals surface area contributed by atoms with Gasteiger partial charge in [0, 0.05) is 35.6 Å². The van der Waals surface area contributed by atoms with E-state index in [0.29, 0.717) is 6.61 Å². The van der Waals surface area contributed by atoms with Gasteiger partial charge in [0.05, 0.1) is 35.4 Å². The van der Waals surface area contributed by atoms with Crippen LogP contribution in [-0.4, -0.2) is 58.8 Å². The Kier molecular flexibility index (Phi) is 5.26. The van der Waals surface area contributed by atoms with E-state index in [1.54, 1.807) is 0 Å². The first-order valence-electron chi connectivity index (χ1n) is 12.2. The molecule has 3 fully saturated rings. The molecule has 6 rings (SSSR count). The minimum absolute atomic E-state index is 0.148. The standard InChI is InChI=1S/C27H25N3O6/c1-15-12-21-22-23(27(33)28(26(22)32)14-18-8-5-11-36-18)24(29(21)20-10-3-2-9-19(15)20)25(31)16-6-4-7-17(13-16)30(34)35/h2-4,6-7,9-10,12-13,18,21-24H,5,8,11,14H2,1H3/t18-,21+,22+,23-,24+/m0/s1. The van der Waals surface area contributed by atoms with Gasteiger partial charge in [-0.2, -0.15) is 0 Å². The Bertz CT molecular complexity index is 1330. The molecule has 9 nitrogen and oxygen atoms in total. The van der Waals surface area contributed by atoms with Crippen molar-refractivity contribution in [2.24, 2.45) is 11.8 Å². The van der Waals surface area contributed by atoms with E-state index in [9.17, 15) is 24.5 Å². The van der Waals surface area contributed by atoms with E-state index in [2.05, 4.69) is 0 Å². The van der Waals surface area contributed by atoms with Crippen LogP contribution in [0.5, 0.6) is 0 Å². The summed E-state index contributed by atoms with van der Waals surface area (Å²) in [6.07, 6.45) is 3.45. The van der Waals surface area contributed by atoms with Gasteiger partial charge in [0.1, 0.15) is 6.04 Å². The fraction of sp³-hybridized carbons (Fsp3) is 0.370. The highest BCUT2D eigenvalue weighted by atomic mass is 16.6. The third-order valence-corrected chi connectivity index (χ3v) is 7.87. The van der Waals surface area contributed by atoms with E-state index in [-0.39, 0.29) is 35.7 Å². The van der Waals surface area contributed by atoms with Gasteiger partial charge in [-0.15, -0.1) is 0 Å². The Morgan fingerprint density at radius 1 is 1.11 bits per heavy atom. The zero-order valence-corrected chi connectivity index (χ0v) is 19.7. The molecule has 184 valence electrons. The maximum Gasteiger partial charge on any atom is 0.270 e. The number of hydrogen-bond acceptors (Lipinski definition) is 7. The highest BCUT2D eigenvalue weighted by Crippen LogP contribution is 2.50. The molecule has 2 aromatic rings. The average Bonchev–Trinajstić information content (AvgIpc) is 3.57. The maximum atomic E-state index is 14.0. The summed E-state index contributed by atoms with van der Waals surface area (Å²) in [5.74, 6) is -2.66. The van der Waals surface area contributed by atoms with Crippen molar-refractivity contribution in [3.8, 4) is 0 Å². The summed E-state index contributed by atoms with van der Waals surface area (Å²) in [7, 11) is 0. The molecule has 4 aliphatic rings. The number of para-hydroxylation sites is 1. The van der Waals surface area contributed by atoms with Crippen LogP contribution < -0.4 is 4.90 Å². The molecule has 36 heavy (non-hydrogen) atoms. The summed E-state index contributed by atoms with van der Waals surface area (Å²) in [5.41, 5.74) is 2.64. The van der Waals surface area contributed by atoms with Crippen molar-refractivity contribution in [2.45, 2.75) is 38.0 Å². The molecule has 0 bridgehead atoms. The SMILES string of the molecule is CC1=C[C@@H]2[C@H]3C(=O)N(C[C@@H]4CCCO4)C(=O)[C@@H]3[C@H](C(=O)c3cccc([N+](=O)[O-])c3)N2c2ccccc21. The molecule has 0 N–H and O–H groups in total. The zero-order chi connectivity index (χ0) is 25.1. The molecule has 0 unspecified atom stereocenters. The molecule has 0 aliphatic carbocycles. The van der Waals surface area contributed by atoms with Gasteiger partial charge >= 0.3 is 0 Å². The number of anilines is 1. The molecule has 0 spiro atoms. The number of allylic oxidation sites excluding steroid dienone is 1. The lowest BCUT2D eigenvalue weighted by Crippen LogP contribution is -2.49. The first-order chi connectivity index (χ1) is 17.4. The first-order valence-corrected chi connectivity index (χ1v) is 12.2. The van der Waals surface area contributed by atoms with Gasteiger partial charge in [0.2, 0.25) is 11.8 Å². The van der Waals surface area contributed by atoms with Crippen LogP contribution in [0.1, 0.15) is 35.7 Å². The number of imide groups is 1. The van der Waals surface area contributed by atoms with E-state index >= 15 is 0 Å². The minimum atomic E-state index is -0.960. The van der Waals surface area contributed by atoms with Gasteiger partial charge < -0.3 is 9.64 Å². The molecule has 2 amide bonds. The number of carbonyl (C=O) groups is 3. The van der Waals surface area contributed by atoms with Crippen LogP contribution >= 0.6 is 0 Å². The van der Waals surface area contributed by atoms with Gasteiger partial charge in [-0.05, 0) is 31.4 Å². The van der Waals surface area contributed by atoms with Crippen LogP contribution in [0.3, 0.4) is 0 Å². The van der Waals surface area contributed by atoms with Crippen LogP contribution in [-0.2, 0) is 14.3 Å². The van der Waals surface area contributed by atoms with E-state index in [0.717, 1.165) is 29.7 Å². The highest BCUT2D eigenvalue weighted by Gasteiger charge is 2.64. The number of fused-ring (bicyclic) bond motifs is 5. The molecule has 4 heterocycles. The predicted octanol–water partition coefficient (Wildman–Crippen LogP) is 3.23. The second-order valence-electron chi connectivity index (χ2n) is 9.85. The smallest absolute Gasteiger partial charge is 0.270 e. The molecule has 0 radical (unpaired) electrons. The number of ether oxygens (including phenoxy) is 1. The number of benzene rings is 2. The van der Waals surface area contributed by atoms with Crippen LogP contribution in [0, 0.1) is 22.0 Å². The maximum absolute atomic E-state index is 14.0. The van der Waals surface area contributed by atoms with E-state index in [1.165, 1.54) is 29.2 Å². The molecule has 9 heteroatoms. The Morgan fingerprint density at radius 3 is 2.64 bits per heavy atom. The molecule has 3 saturated heterocycles. The van der Waals surface area contributed by atoms with Gasteiger partial charge in [-0.1, -0.05) is 36.4 Å². The summed E-state index contributed by atoms with van der Waals surface area (Å²) < 4.78 is 5.68. The lowest BCUT2D eigenvalue weighted by molar-refractivity contribution is -0.384. The minimum Gasteiger partial charge on any atom is -0.376 e. The number of likely N-dealkylation sites (tertiary alicyclic amines) is 1. The number of nitro groups is 1. The molecule has 4 aliphatic heterocycles. The third kappa shape index (κ3) is 3.30. The molecule has 0 aromatic heterocycles. The van der Waals surface area contributed by atoms with Crippen molar-refractivity contribution < 1.29 is 24.0 Å². The summed E-state index contributed by atoms with van der Waals surface area (Å²) in [5, 5.41) is 11.4. The fourth-order valence-corrected chi connectivity index (χ4v) is 6.27. The summed E-state index contributed by atoms with van der Waals surface area (Å²) in [6, 6.07) is 11.8. The molecule has 5 atom stereocenters. The Labute approximate surface area is 207 Å². The zero-order valence-electron chi connectivity index (χ0n) is 19.7. The normalized spacial score (nSPS) is 28.6.